The number of nitrogens with zero attached hydrogens (tertiary/aromatic N) is 1. The van der Waals surface area contributed by atoms with E-state index in [1.807, 2.05) is 12.1 Å². The maximum absolute atomic E-state index is 6.29. The van der Waals surface area contributed by atoms with E-state index in [-0.39, 0.29) is 0 Å². The van der Waals surface area contributed by atoms with Gasteiger partial charge in [-0.25, -0.2) is 0 Å². The third kappa shape index (κ3) is 5.74. The van der Waals surface area contributed by atoms with Crippen LogP contribution in [0.2, 0.25) is 0 Å². The molecule has 11 aromatic rings. The number of anilines is 3. The molecular weight excluding hydrogens is 703 g/mol. The van der Waals surface area contributed by atoms with Crippen LogP contribution in [0.25, 0.3) is 88.0 Å². The van der Waals surface area contributed by atoms with Crippen molar-refractivity contribution in [1.29, 1.82) is 0 Å². The Morgan fingerprint density at radius 1 is 0.276 bits per heavy atom. The van der Waals surface area contributed by atoms with Crippen LogP contribution in [0.5, 0.6) is 0 Å². The minimum absolute atomic E-state index is 0.897. The van der Waals surface area contributed by atoms with Crippen molar-refractivity contribution < 1.29 is 4.42 Å². The third-order valence-corrected chi connectivity index (χ3v) is 11.5. The van der Waals surface area contributed by atoms with Crippen LogP contribution in [0.3, 0.4) is 0 Å². The Hall–Kier alpha value is -7.68. The van der Waals surface area contributed by atoms with Crippen molar-refractivity contribution in [2.45, 2.75) is 0 Å². The molecule has 0 N–H and O–H groups in total. The monoisotopic (exact) mass is 739 g/mol. The van der Waals surface area contributed by atoms with Crippen LogP contribution in [0, 0.1) is 0 Å². The summed E-state index contributed by atoms with van der Waals surface area (Å²) in [5.74, 6) is 0. The van der Waals surface area contributed by atoms with Crippen molar-refractivity contribution in [3.8, 4) is 44.5 Å². The van der Waals surface area contributed by atoms with Crippen molar-refractivity contribution in [2.75, 3.05) is 4.90 Å². The van der Waals surface area contributed by atoms with Crippen molar-refractivity contribution in [2.24, 2.45) is 0 Å². The van der Waals surface area contributed by atoms with Crippen LogP contribution in [0.15, 0.2) is 229 Å². The first-order chi connectivity index (χ1) is 28.8. The predicted molar refractivity (Wildman–Crippen MR) is 245 cm³/mol. The first-order valence-corrected chi connectivity index (χ1v) is 19.8. The van der Waals surface area contributed by atoms with Gasteiger partial charge in [-0.3, -0.25) is 0 Å². The summed E-state index contributed by atoms with van der Waals surface area (Å²) < 4.78 is 6.29. The highest BCUT2D eigenvalue weighted by Gasteiger charge is 2.22. The molecule has 0 amide bonds. The largest absolute Gasteiger partial charge is 0.456 e. The normalized spacial score (nSPS) is 11.4. The summed E-state index contributed by atoms with van der Waals surface area (Å²) in [7, 11) is 0. The van der Waals surface area contributed by atoms with E-state index < -0.39 is 0 Å². The molecule has 0 unspecified atom stereocenters. The van der Waals surface area contributed by atoms with Crippen LogP contribution in [-0.4, -0.2) is 0 Å². The molecule has 58 heavy (non-hydrogen) atoms. The van der Waals surface area contributed by atoms with Gasteiger partial charge in [0.05, 0.1) is 11.4 Å². The molecule has 0 atom stereocenters. The summed E-state index contributed by atoms with van der Waals surface area (Å²) >= 11 is 0. The predicted octanol–water partition coefficient (Wildman–Crippen LogP) is 16.0. The van der Waals surface area contributed by atoms with E-state index in [9.17, 15) is 0 Å². The number of rotatable bonds is 7. The Morgan fingerprint density at radius 3 is 1.59 bits per heavy atom. The first-order valence-electron chi connectivity index (χ1n) is 19.8. The molecule has 272 valence electrons. The van der Waals surface area contributed by atoms with E-state index in [1.54, 1.807) is 0 Å². The molecule has 11 rings (SSSR count). The van der Waals surface area contributed by atoms with Crippen LogP contribution in [0.4, 0.5) is 17.1 Å². The number of para-hydroxylation sites is 2. The fourth-order valence-corrected chi connectivity index (χ4v) is 8.77. The van der Waals surface area contributed by atoms with Crippen LogP contribution in [0.1, 0.15) is 0 Å². The first kappa shape index (κ1) is 33.6. The highest BCUT2D eigenvalue weighted by atomic mass is 16.3. The summed E-state index contributed by atoms with van der Waals surface area (Å²) in [5.41, 5.74) is 14.5. The van der Waals surface area contributed by atoms with E-state index in [2.05, 4.69) is 217 Å². The highest BCUT2D eigenvalue weighted by Crippen LogP contribution is 2.48. The fourth-order valence-electron chi connectivity index (χ4n) is 8.77. The van der Waals surface area contributed by atoms with E-state index in [1.165, 1.54) is 49.4 Å². The molecule has 0 saturated carbocycles. The quantitative estimate of drug-likeness (QED) is 0.151. The Morgan fingerprint density at radius 2 is 0.810 bits per heavy atom. The lowest BCUT2D eigenvalue weighted by molar-refractivity contribution is 0.669. The highest BCUT2D eigenvalue weighted by molar-refractivity contribution is 6.15. The van der Waals surface area contributed by atoms with Gasteiger partial charge >= 0.3 is 0 Å². The van der Waals surface area contributed by atoms with E-state index in [4.69, 9.17) is 4.42 Å². The molecule has 0 saturated heterocycles. The molecule has 1 aromatic heterocycles. The Balaban J connectivity index is 1.11. The van der Waals surface area contributed by atoms with Gasteiger partial charge in [0.25, 0.3) is 0 Å². The molecule has 10 aromatic carbocycles. The van der Waals surface area contributed by atoms with Gasteiger partial charge in [0, 0.05) is 27.4 Å². The molecule has 2 nitrogen and oxygen atoms in total. The van der Waals surface area contributed by atoms with Gasteiger partial charge in [0.1, 0.15) is 11.2 Å². The standard InChI is InChI=1S/C56H37NO/c1-2-16-39(17-3-1)43-19-6-7-21-45(43)47-23-8-9-24-48(47)49-25-12-14-28-53(49)57(54-36-41-18-4-5-20-44(41)46-22-10-11-26-50(46)54)42-33-30-38(31-34-42)40-32-35-52-51-27-13-15-29-55(51)58-56(52)37-40/h1-37H. The average Bonchev–Trinajstić information content (AvgIpc) is 3.68. The zero-order valence-corrected chi connectivity index (χ0v) is 31.7. The van der Waals surface area contributed by atoms with Crippen LogP contribution in [-0.2, 0) is 0 Å². The maximum atomic E-state index is 6.29. The van der Waals surface area contributed by atoms with Gasteiger partial charge in [0.2, 0.25) is 0 Å². The van der Waals surface area contributed by atoms with E-state index in [0.717, 1.165) is 55.7 Å². The minimum Gasteiger partial charge on any atom is -0.456 e. The molecule has 0 fully saturated rings. The van der Waals surface area contributed by atoms with Gasteiger partial charge in [-0.1, -0.05) is 182 Å². The van der Waals surface area contributed by atoms with Crippen LogP contribution < -0.4 is 4.90 Å². The molecule has 0 aliphatic carbocycles. The SMILES string of the molecule is c1ccc(-c2ccccc2-c2ccccc2-c2ccccc2N(c2ccc(-c3ccc4c(c3)oc3ccccc34)cc2)c2cc3ccccc3c3ccccc23)cc1. The van der Waals surface area contributed by atoms with E-state index >= 15 is 0 Å². The lowest BCUT2D eigenvalue weighted by Crippen LogP contribution is -2.12. The number of furan rings is 1. The van der Waals surface area contributed by atoms with Crippen molar-refractivity contribution in [3.63, 3.8) is 0 Å². The van der Waals surface area contributed by atoms with Gasteiger partial charge in [-0.05, 0) is 97.6 Å². The molecule has 0 bridgehead atoms. The van der Waals surface area contributed by atoms with Gasteiger partial charge in [0.15, 0.2) is 0 Å². The zero-order valence-electron chi connectivity index (χ0n) is 31.7. The molecule has 2 heteroatoms. The van der Waals surface area contributed by atoms with Crippen LogP contribution >= 0.6 is 0 Å². The van der Waals surface area contributed by atoms with Crippen molar-refractivity contribution in [1.82, 2.24) is 0 Å². The Labute approximate surface area is 337 Å². The van der Waals surface area contributed by atoms with Gasteiger partial charge in [-0.15, -0.1) is 0 Å². The summed E-state index contributed by atoms with van der Waals surface area (Å²) in [4.78, 5) is 2.45. The molecule has 1 heterocycles. The zero-order chi connectivity index (χ0) is 38.4. The number of fused-ring (bicyclic) bond motifs is 6. The second-order valence-electron chi connectivity index (χ2n) is 14.8. The van der Waals surface area contributed by atoms with E-state index in [0.29, 0.717) is 0 Å². The van der Waals surface area contributed by atoms with Crippen molar-refractivity contribution >= 4 is 60.5 Å². The third-order valence-electron chi connectivity index (χ3n) is 11.5. The summed E-state index contributed by atoms with van der Waals surface area (Å²) in [6.07, 6.45) is 0. The topological polar surface area (TPSA) is 16.4 Å². The van der Waals surface area contributed by atoms with Crippen molar-refractivity contribution in [3.05, 3.63) is 224 Å². The number of hydrogen-bond donors (Lipinski definition) is 0. The number of hydrogen-bond acceptors (Lipinski definition) is 2. The van der Waals surface area contributed by atoms with Gasteiger partial charge in [-0.2, -0.15) is 0 Å². The summed E-state index contributed by atoms with van der Waals surface area (Å²) in [6.45, 7) is 0. The smallest absolute Gasteiger partial charge is 0.136 e. The Kier molecular flexibility index (Phi) is 8.19. The average molecular weight is 740 g/mol. The van der Waals surface area contributed by atoms with Gasteiger partial charge < -0.3 is 9.32 Å². The molecule has 0 spiro atoms. The number of benzene rings is 10. The maximum Gasteiger partial charge on any atom is 0.136 e. The lowest BCUT2D eigenvalue weighted by Gasteiger charge is -2.30. The fraction of sp³-hybridized carbons (Fsp3) is 0. The minimum atomic E-state index is 0.897. The molecule has 0 aliphatic rings. The Bertz CT molecular complexity index is 3290. The second-order valence-corrected chi connectivity index (χ2v) is 14.8. The molecule has 0 radical (unpaired) electrons. The molecular formula is C56H37NO. The summed E-state index contributed by atoms with van der Waals surface area (Å²) in [6, 6.07) is 80.8. The summed E-state index contributed by atoms with van der Waals surface area (Å²) in [5, 5.41) is 7.14. The lowest BCUT2D eigenvalue weighted by atomic mass is 9.88. The molecule has 0 aliphatic heterocycles. The second kappa shape index (κ2) is 14.1.